The standard InChI is InChI=1S/C10H20N2/c1-5-11-7-9(3)12(6-2)10(4)8-11/h5,9-10H,1,6-8H2,2-4H3. The zero-order valence-electron chi connectivity index (χ0n) is 8.45. The van der Waals surface area contributed by atoms with Crippen molar-refractivity contribution in [1.29, 1.82) is 0 Å². The molecule has 2 heteroatoms. The van der Waals surface area contributed by atoms with E-state index in [2.05, 4.69) is 37.1 Å². The van der Waals surface area contributed by atoms with Gasteiger partial charge >= 0.3 is 0 Å². The molecule has 12 heavy (non-hydrogen) atoms. The first kappa shape index (κ1) is 9.59. The summed E-state index contributed by atoms with van der Waals surface area (Å²) in [6.45, 7) is 14.0. The molecule has 0 aromatic heterocycles. The quantitative estimate of drug-likeness (QED) is 0.617. The Morgan fingerprint density at radius 2 is 1.83 bits per heavy atom. The van der Waals surface area contributed by atoms with Gasteiger partial charge in [0.25, 0.3) is 0 Å². The van der Waals surface area contributed by atoms with E-state index in [1.54, 1.807) is 0 Å². The molecular weight excluding hydrogens is 148 g/mol. The van der Waals surface area contributed by atoms with E-state index < -0.39 is 0 Å². The molecule has 0 aromatic carbocycles. The lowest BCUT2D eigenvalue weighted by molar-refractivity contribution is 0.0677. The molecule has 1 rings (SSSR count). The molecule has 0 spiro atoms. The lowest BCUT2D eigenvalue weighted by Gasteiger charge is -2.43. The second kappa shape index (κ2) is 3.94. The van der Waals surface area contributed by atoms with Crippen LogP contribution in [0.25, 0.3) is 0 Å². The van der Waals surface area contributed by atoms with Gasteiger partial charge in [0.15, 0.2) is 0 Å². The van der Waals surface area contributed by atoms with E-state index in [1.165, 1.54) is 0 Å². The fourth-order valence-electron chi connectivity index (χ4n) is 2.17. The van der Waals surface area contributed by atoms with Crippen LogP contribution in [0.5, 0.6) is 0 Å². The molecule has 0 bridgehead atoms. The first-order valence-electron chi connectivity index (χ1n) is 4.81. The zero-order valence-corrected chi connectivity index (χ0v) is 8.45. The molecule has 0 aliphatic carbocycles. The van der Waals surface area contributed by atoms with Crippen LogP contribution in [0.2, 0.25) is 0 Å². The largest absolute Gasteiger partial charge is 0.375 e. The minimum atomic E-state index is 0.664. The van der Waals surface area contributed by atoms with Gasteiger partial charge in [0.2, 0.25) is 0 Å². The van der Waals surface area contributed by atoms with Gasteiger partial charge in [0.1, 0.15) is 0 Å². The number of rotatable bonds is 2. The van der Waals surface area contributed by atoms with Gasteiger partial charge in [-0.1, -0.05) is 13.5 Å². The number of hydrogen-bond donors (Lipinski definition) is 0. The number of hydrogen-bond acceptors (Lipinski definition) is 2. The van der Waals surface area contributed by atoms with Gasteiger partial charge in [0, 0.05) is 25.2 Å². The topological polar surface area (TPSA) is 6.48 Å². The maximum Gasteiger partial charge on any atom is 0.0326 e. The summed E-state index contributed by atoms with van der Waals surface area (Å²) < 4.78 is 0. The minimum Gasteiger partial charge on any atom is -0.375 e. The van der Waals surface area contributed by atoms with Crippen molar-refractivity contribution in [2.45, 2.75) is 32.9 Å². The maximum atomic E-state index is 3.81. The van der Waals surface area contributed by atoms with Crippen molar-refractivity contribution >= 4 is 0 Å². The van der Waals surface area contributed by atoms with Crippen molar-refractivity contribution in [3.63, 3.8) is 0 Å². The second-order valence-corrected chi connectivity index (χ2v) is 3.66. The van der Waals surface area contributed by atoms with Gasteiger partial charge in [-0.2, -0.15) is 0 Å². The normalized spacial score (nSPS) is 32.1. The fraction of sp³-hybridized carbons (Fsp3) is 0.800. The first-order chi connectivity index (χ1) is 5.69. The smallest absolute Gasteiger partial charge is 0.0326 e. The van der Waals surface area contributed by atoms with Gasteiger partial charge in [-0.25, -0.2) is 0 Å². The third-order valence-electron chi connectivity index (χ3n) is 2.75. The molecule has 1 aliphatic heterocycles. The zero-order chi connectivity index (χ0) is 9.14. The van der Waals surface area contributed by atoms with Crippen LogP contribution < -0.4 is 0 Å². The highest BCUT2D eigenvalue weighted by Crippen LogP contribution is 2.14. The molecule has 0 aromatic rings. The van der Waals surface area contributed by atoms with Crippen molar-refractivity contribution in [2.75, 3.05) is 19.6 Å². The van der Waals surface area contributed by atoms with Crippen LogP contribution in [0.4, 0.5) is 0 Å². The predicted octanol–water partition coefficient (Wildman–Crippen LogP) is 1.54. The van der Waals surface area contributed by atoms with Crippen LogP contribution in [-0.4, -0.2) is 41.5 Å². The Hall–Kier alpha value is -0.500. The summed E-state index contributed by atoms with van der Waals surface area (Å²) in [4.78, 5) is 4.85. The Morgan fingerprint density at radius 1 is 1.33 bits per heavy atom. The third kappa shape index (κ3) is 1.81. The molecule has 0 radical (unpaired) electrons. The summed E-state index contributed by atoms with van der Waals surface area (Å²) in [5, 5.41) is 0. The second-order valence-electron chi connectivity index (χ2n) is 3.66. The molecule has 1 aliphatic rings. The van der Waals surface area contributed by atoms with Crippen molar-refractivity contribution in [3.05, 3.63) is 12.8 Å². The van der Waals surface area contributed by atoms with Gasteiger partial charge < -0.3 is 4.90 Å². The minimum absolute atomic E-state index is 0.664. The van der Waals surface area contributed by atoms with Crippen LogP contribution in [-0.2, 0) is 0 Å². The van der Waals surface area contributed by atoms with Gasteiger partial charge in [-0.05, 0) is 26.6 Å². The summed E-state index contributed by atoms with van der Waals surface area (Å²) in [6, 6.07) is 1.33. The Labute approximate surface area is 75.8 Å². The monoisotopic (exact) mass is 168 g/mol. The molecule has 0 amide bonds. The van der Waals surface area contributed by atoms with Crippen LogP contribution in [0, 0.1) is 0 Å². The third-order valence-corrected chi connectivity index (χ3v) is 2.75. The average molecular weight is 168 g/mol. The molecule has 2 atom stereocenters. The molecule has 0 N–H and O–H groups in total. The van der Waals surface area contributed by atoms with Crippen molar-refractivity contribution < 1.29 is 0 Å². The predicted molar refractivity (Wildman–Crippen MR) is 53.1 cm³/mol. The van der Waals surface area contributed by atoms with E-state index in [4.69, 9.17) is 0 Å². The molecule has 0 saturated carbocycles. The first-order valence-corrected chi connectivity index (χ1v) is 4.81. The van der Waals surface area contributed by atoms with E-state index in [-0.39, 0.29) is 0 Å². The molecule has 70 valence electrons. The summed E-state index contributed by atoms with van der Waals surface area (Å²) in [6.07, 6.45) is 1.96. The van der Waals surface area contributed by atoms with Crippen LogP contribution in [0.15, 0.2) is 12.8 Å². The molecular formula is C10H20N2. The Balaban J connectivity index is 2.56. The van der Waals surface area contributed by atoms with Gasteiger partial charge in [-0.3, -0.25) is 4.90 Å². The summed E-state index contributed by atoms with van der Waals surface area (Å²) in [5.74, 6) is 0. The summed E-state index contributed by atoms with van der Waals surface area (Å²) >= 11 is 0. The van der Waals surface area contributed by atoms with E-state index in [0.717, 1.165) is 19.6 Å². The fourth-order valence-corrected chi connectivity index (χ4v) is 2.17. The number of nitrogens with zero attached hydrogens (tertiary/aromatic N) is 2. The van der Waals surface area contributed by atoms with E-state index in [1.807, 2.05) is 6.20 Å². The van der Waals surface area contributed by atoms with Crippen molar-refractivity contribution in [2.24, 2.45) is 0 Å². The van der Waals surface area contributed by atoms with Crippen LogP contribution in [0.1, 0.15) is 20.8 Å². The van der Waals surface area contributed by atoms with E-state index >= 15 is 0 Å². The van der Waals surface area contributed by atoms with Crippen molar-refractivity contribution in [3.8, 4) is 0 Å². The molecule has 2 nitrogen and oxygen atoms in total. The van der Waals surface area contributed by atoms with Gasteiger partial charge in [0.05, 0.1) is 0 Å². The summed E-state index contributed by atoms with van der Waals surface area (Å²) in [7, 11) is 0. The molecule has 2 unspecified atom stereocenters. The molecule has 1 heterocycles. The maximum absolute atomic E-state index is 3.81. The van der Waals surface area contributed by atoms with Crippen LogP contribution in [0.3, 0.4) is 0 Å². The van der Waals surface area contributed by atoms with E-state index in [0.29, 0.717) is 12.1 Å². The van der Waals surface area contributed by atoms with Crippen LogP contribution >= 0.6 is 0 Å². The molecule has 1 saturated heterocycles. The SMILES string of the molecule is C=CN1CC(C)N(CC)C(C)C1. The number of likely N-dealkylation sites (N-methyl/N-ethyl adjacent to an activating group) is 1. The van der Waals surface area contributed by atoms with Crippen molar-refractivity contribution in [1.82, 2.24) is 9.80 Å². The summed E-state index contributed by atoms with van der Waals surface area (Å²) in [5.41, 5.74) is 0. The average Bonchev–Trinajstić information content (AvgIpc) is 2.03. The highest BCUT2D eigenvalue weighted by Gasteiger charge is 2.25. The lowest BCUT2D eigenvalue weighted by Crippen LogP contribution is -2.54. The highest BCUT2D eigenvalue weighted by atomic mass is 15.3. The van der Waals surface area contributed by atoms with E-state index in [9.17, 15) is 0 Å². The number of piperazine rings is 1. The highest BCUT2D eigenvalue weighted by molar-refractivity contribution is 4.87. The van der Waals surface area contributed by atoms with Gasteiger partial charge in [-0.15, -0.1) is 0 Å². The molecule has 1 fully saturated rings. The Kier molecular flexibility index (Phi) is 3.15. The Morgan fingerprint density at radius 3 is 2.17 bits per heavy atom. The Bertz CT molecular complexity index is 144. The lowest BCUT2D eigenvalue weighted by atomic mass is 10.1.